The molecule has 0 fully saturated rings. The van der Waals surface area contributed by atoms with E-state index in [4.69, 9.17) is 14.9 Å². The second-order valence-electron chi connectivity index (χ2n) is 4.68. The Labute approximate surface area is 113 Å². The average Bonchev–Trinajstić information content (AvgIpc) is 2.38. The number of ether oxygens (including phenoxy) is 1. The van der Waals surface area contributed by atoms with Gasteiger partial charge in [0.15, 0.2) is 0 Å². The second kappa shape index (κ2) is 7.11. The number of hydrogen-bond acceptors (Lipinski definition) is 4. The van der Waals surface area contributed by atoms with Gasteiger partial charge in [0.25, 0.3) is 0 Å². The molecule has 0 aliphatic heterocycles. The van der Waals surface area contributed by atoms with Crippen molar-refractivity contribution in [2.24, 2.45) is 0 Å². The molecule has 1 aromatic carbocycles. The molecule has 0 aliphatic carbocycles. The van der Waals surface area contributed by atoms with Crippen LogP contribution in [-0.2, 0) is 11.3 Å². The molecule has 19 heavy (non-hydrogen) atoms. The van der Waals surface area contributed by atoms with E-state index in [1.807, 2.05) is 18.2 Å². The summed E-state index contributed by atoms with van der Waals surface area (Å²) < 4.78 is 5.31. The van der Waals surface area contributed by atoms with Crippen molar-refractivity contribution in [1.82, 2.24) is 5.32 Å². The van der Waals surface area contributed by atoms with Crippen molar-refractivity contribution in [2.45, 2.75) is 32.4 Å². The summed E-state index contributed by atoms with van der Waals surface area (Å²) in [5, 5.41) is 20.6. The Bertz CT molecular complexity index is 431. The maximum atomic E-state index is 10.8. The van der Waals surface area contributed by atoms with E-state index in [2.05, 4.69) is 19.2 Å². The molecule has 106 valence electrons. The van der Waals surface area contributed by atoms with Crippen molar-refractivity contribution in [3.8, 4) is 5.75 Å². The average molecular weight is 267 g/mol. The Morgan fingerprint density at radius 2 is 2.11 bits per heavy atom. The molecule has 0 aromatic heterocycles. The number of carbonyl (C=O) groups is 1. The van der Waals surface area contributed by atoms with E-state index in [-0.39, 0.29) is 0 Å². The lowest BCUT2D eigenvalue weighted by molar-refractivity contribution is -0.140. The molecule has 1 unspecified atom stereocenters. The molecule has 0 radical (unpaired) electrons. The smallest absolute Gasteiger partial charge is 0.323 e. The quantitative estimate of drug-likeness (QED) is 0.695. The first-order valence-corrected chi connectivity index (χ1v) is 6.23. The molecular formula is C14H21NO4. The van der Waals surface area contributed by atoms with E-state index in [1.54, 1.807) is 7.11 Å². The van der Waals surface area contributed by atoms with Crippen LogP contribution in [0.5, 0.6) is 5.75 Å². The molecule has 5 nitrogen and oxygen atoms in total. The van der Waals surface area contributed by atoms with Crippen LogP contribution in [0.1, 0.15) is 30.9 Å². The van der Waals surface area contributed by atoms with Gasteiger partial charge in [-0.15, -0.1) is 0 Å². The first-order chi connectivity index (χ1) is 8.99. The van der Waals surface area contributed by atoms with Gasteiger partial charge in [0, 0.05) is 12.1 Å². The van der Waals surface area contributed by atoms with Crippen molar-refractivity contribution in [2.75, 3.05) is 13.7 Å². The van der Waals surface area contributed by atoms with Gasteiger partial charge in [-0.1, -0.05) is 26.0 Å². The molecule has 0 amide bonds. The molecule has 0 saturated carbocycles. The van der Waals surface area contributed by atoms with Crippen molar-refractivity contribution in [1.29, 1.82) is 0 Å². The number of rotatable bonds is 7. The highest BCUT2D eigenvalue weighted by molar-refractivity contribution is 5.73. The summed E-state index contributed by atoms with van der Waals surface area (Å²) in [7, 11) is 1.59. The third-order valence-corrected chi connectivity index (χ3v) is 3.00. The highest BCUT2D eigenvalue weighted by atomic mass is 16.5. The van der Waals surface area contributed by atoms with Gasteiger partial charge in [0.2, 0.25) is 0 Å². The number of carboxylic acid groups (broad SMARTS) is 1. The van der Waals surface area contributed by atoms with Gasteiger partial charge in [-0.3, -0.25) is 10.1 Å². The number of aliphatic carboxylic acids is 1. The Kier molecular flexibility index (Phi) is 5.79. The Hall–Kier alpha value is -1.59. The minimum atomic E-state index is -1.07. The lowest BCUT2D eigenvalue weighted by Gasteiger charge is -2.15. The predicted molar refractivity (Wildman–Crippen MR) is 72.4 cm³/mol. The Morgan fingerprint density at radius 1 is 1.42 bits per heavy atom. The molecule has 0 bridgehead atoms. The van der Waals surface area contributed by atoms with Crippen LogP contribution in [0.2, 0.25) is 0 Å². The van der Waals surface area contributed by atoms with Crippen molar-refractivity contribution in [3.05, 3.63) is 29.3 Å². The maximum Gasteiger partial charge on any atom is 0.323 e. The monoisotopic (exact) mass is 267 g/mol. The van der Waals surface area contributed by atoms with E-state index in [0.29, 0.717) is 12.5 Å². The molecule has 1 rings (SSSR count). The summed E-state index contributed by atoms with van der Waals surface area (Å²) >= 11 is 0. The zero-order valence-electron chi connectivity index (χ0n) is 11.5. The van der Waals surface area contributed by atoms with Crippen LogP contribution in [0.25, 0.3) is 0 Å². The summed E-state index contributed by atoms with van der Waals surface area (Å²) in [6.07, 6.45) is 0. The number of methoxy groups -OCH3 is 1. The van der Waals surface area contributed by atoms with Gasteiger partial charge >= 0.3 is 5.97 Å². The van der Waals surface area contributed by atoms with Crippen LogP contribution in [0.3, 0.4) is 0 Å². The lowest BCUT2D eigenvalue weighted by Crippen LogP contribution is -2.39. The Morgan fingerprint density at radius 3 is 2.58 bits per heavy atom. The van der Waals surface area contributed by atoms with Crippen LogP contribution in [0.4, 0.5) is 0 Å². The molecule has 3 N–H and O–H groups in total. The van der Waals surface area contributed by atoms with E-state index >= 15 is 0 Å². The van der Waals surface area contributed by atoms with Crippen LogP contribution in [-0.4, -0.2) is 35.9 Å². The first-order valence-electron chi connectivity index (χ1n) is 6.23. The van der Waals surface area contributed by atoms with E-state index in [1.165, 1.54) is 0 Å². The normalized spacial score (nSPS) is 12.5. The fraction of sp³-hybridized carbons (Fsp3) is 0.500. The number of carboxylic acids is 1. The summed E-state index contributed by atoms with van der Waals surface area (Å²) in [5.74, 6) is 0.0566. The van der Waals surface area contributed by atoms with Gasteiger partial charge in [-0.2, -0.15) is 0 Å². The van der Waals surface area contributed by atoms with Gasteiger partial charge in [0.1, 0.15) is 11.8 Å². The minimum absolute atomic E-state index is 0.332. The highest BCUT2D eigenvalue weighted by Gasteiger charge is 2.16. The highest BCUT2D eigenvalue weighted by Crippen LogP contribution is 2.24. The summed E-state index contributed by atoms with van der Waals surface area (Å²) in [4.78, 5) is 10.8. The number of hydrogen-bond donors (Lipinski definition) is 3. The van der Waals surface area contributed by atoms with Crippen LogP contribution in [0.15, 0.2) is 18.2 Å². The third kappa shape index (κ3) is 4.22. The third-order valence-electron chi connectivity index (χ3n) is 3.00. The Balaban J connectivity index is 2.80. The van der Waals surface area contributed by atoms with Gasteiger partial charge in [-0.25, -0.2) is 0 Å². The summed E-state index contributed by atoms with van der Waals surface area (Å²) in [5.41, 5.74) is 2.03. The minimum Gasteiger partial charge on any atom is -0.496 e. The molecule has 0 heterocycles. The van der Waals surface area contributed by atoms with E-state index in [9.17, 15) is 4.79 Å². The topological polar surface area (TPSA) is 78.8 Å². The molecular weight excluding hydrogens is 246 g/mol. The van der Waals surface area contributed by atoms with E-state index < -0.39 is 18.6 Å². The summed E-state index contributed by atoms with van der Waals surface area (Å²) in [6.45, 7) is 4.08. The molecule has 0 aliphatic rings. The molecule has 1 aromatic rings. The maximum absolute atomic E-state index is 10.8. The standard InChI is InChI=1S/C14H21NO4/c1-9(2)10-4-5-11(13(6-10)19-3)7-15-12(8-16)14(17)18/h4-6,9,12,15-16H,7-8H2,1-3H3,(H,17,18). The molecule has 5 heteroatoms. The van der Waals surface area contributed by atoms with Crippen LogP contribution in [0, 0.1) is 0 Å². The molecule has 0 saturated heterocycles. The predicted octanol–water partition coefficient (Wildman–Crippen LogP) is 1.35. The SMILES string of the molecule is COc1cc(C(C)C)ccc1CNC(CO)C(=O)O. The van der Waals surface area contributed by atoms with E-state index in [0.717, 1.165) is 16.9 Å². The number of aliphatic hydroxyl groups excluding tert-OH is 1. The van der Waals surface area contributed by atoms with Crippen LogP contribution >= 0.6 is 0 Å². The van der Waals surface area contributed by atoms with Crippen molar-refractivity contribution in [3.63, 3.8) is 0 Å². The fourth-order valence-electron chi connectivity index (χ4n) is 1.73. The van der Waals surface area contributed by atoms with Crippen molar-refractivity contribution >= 4 is 5.97 Å². The number of aliphatic hydroxyl groups is 1. The number of nitrogens with one attached hydrogen (secondary N) is 1. The largest absolute Gasteiger partial charge is 0.496 e. The number of benzene rings is 1. The lowest BCUT2D eigenvalue weighted by atomic mass is 10.0. The van der Waals surface area contributed by atoms with Crippen molar-refractivity contribution < 1.29 is 19.7 Å². The van der Waals surface area contributed by atoms with Crippen LogP contribution < -0.4 is 10.1 Å². The second-order valence-corrected chi connectivity index (χ2v) is 4.68. The van der Waals surface area contributed by atoms with Gasteiger partial charge in [0.05, 0.1) is 13.7 Å². The zero-order chi connectivity index (χ0) is 14.4. The molecule has 1 atom stereocenters. The van der Waals surface area contributed by atoms with Gasteiger partial charge in [-0.05, 0) is 17.5 Å². The zero-order valence-corrected chi connectivity index (χ0v) is 11.5. The van der Waals surface area contributed by atoms with Gasteiger partial charge < -0.3 is 14.9 Å². The fourth-order valence-corrected chi connectivity index (χ4v) is 1.73. The summed E-state index contributed by atoms with van der Waals surface area (Å²) in [6, 6.07) is 4.90. The molecule has 0 spiro atoms. The first kappa shape index (κ1) is 15.5.